The predicted molar refractivity (Wildman–Crippen MR) is 173 cm³/mol. The molecule has 0 aliphatic carbocycles. The standard InChI is InChI=1S/C35H42N2O6Si/c1-23-33(44(4,5)28-15-12-26(41-2)13-16-28)31(18-20-38)43-35(23)29-21-27(42-3)14-17-30(29)37(34(35)40)22-24-8-10-25(11-9-24)36-19-6-7-32(36)39/h8-17,21,23,31,33,38H,6-7,18-20,22H2,1-5H3/t23-,31+,33-,35+/m0/s1. The number of carbonyl (C=O) groups is 2. The van der Waals surface area contributed by atoms with Gasteiger partial charge in [0.1, 0.15) is 11.5 Å². The van der Waals surface area contributed by atoms with Crippen molar-refractivity contribution in [3.63, 3.8) is 0 Å². The zero-order valence-electron chi connectivity index (χ0n) is 26.2. The van der Waals surface area contributed by atoms with Crippen LogP contribution in [0.4, 0.5) is 11.4 Å². The average molecular weight is 615 g/mol. The van der Waals surface area contributed by atoms with Gasteiger partial charge in [0.2, 0.25) is 5.91 Å². The molecular formula is C35H42N2O6Si. The summed E-state index contributed by atoms with van der Waals surface area (Å²) in [6, 6.07) is 22.0. The number of benzene rings is 3. The van der Waals surface area contributed by atoms with Crippen molar-refractivity contribution in [2.45, 2.75) is 63.1 Å². The third-order valence-electron chi connectivity index (χ3n) is 10.1. The lowest BCUT2D eigenvalue weighted by atomic mass is 9.82. The maximum Gasteiger partial charge on any atom is 0.264 e. The Balaban J connectivity index is 1.38. The number of anilines is 2. The van der Waals surface area contributed by atoms with Crippen LogP contribution in [0.3, 0.4) is 0 Å². The summed E-state index contributed by atoms with van der Waals surface area (Å²) in [5.41, 5.74) is 2.34. The van der Waals surface area contributed by atoms with Crippen LogP contribution in [0, 0.1) is 5.92 Å². The zero-order valence-corrected chi connectivity index (χ0v) is 27.2. The number of ether oxygens (including phenoxy) is 3. The Kier molecular flexibility index (Phi) is 8.07. The Morgan fingerprint density at radius 1 is 0.977 bits per heavy atom. The van der Waals surface area contributed by atoms with Crippen LogP contribution >= 0.6 is 0 Å². The first-order chi connectivity index (χ1) is 21.1. The van der Waals surface area contributed by atoms with Gasteiger partial charge in [0.05, 0.1) is 40.6 Å². The van der Waals surface area contributed by atoms with Crippen LogP contribution in [0.1, 0.15) is 37.3 Å². The number of aliphatic hydroxyl groups is 1. The third kappa shape index (κ3) is 4.82. The largest absolute Gasteiger partial charge is 0.497 e. The molecule has 2 fully saturated rings. The van der Waals surface area contributed by atoms with Crippen LogP contribution in [-0.2, 0) is 26.5 Å². The van der Waals surface area contributed by atoms with E-state index in [1.54, 1.807) is 14.2 Å². The Morgan fingerprint density at radius 2 is 1.66 bits per heavy atom. The minimum atomic E-state index is -2.26. The fourth-order valence-electron chi connectivity index (χ4n) is 7.86. The normalized spacial score (nSPS) is 24.8. The first-order valence-electron chi connectivity index (χ1n) is 15.5. The number of hydrogen-bond donors (Lipinski definition) is 1. The van der Waals surface area contributed by atoms with Gasteiger partial charge in [-0.05, 0) is 66.4 Å². The summed E-state index contributed by atoms with van der Waals surface area (Å²) < 4.78 is 18.0. The van der Waals surface area contributed by atoms with Crippen molar-refractivity contribution in [1.82, 2.24) is 0 Å². The molecule has 0 unspecified atom stereocenters. The summed E-state index contributed by atoms with van der Waals surface area (Å²) in [4.78, 5) is 30.7. The molecule has 0 radical (unpaired) electrons. The molecule has 0 saturated carbocycles. The van der Waals surface area contributed by atoms with E-state index in [4.69, 9.17) is 14.2 Å². The molecule has 4 atom stereocenters. The van der Waals surface area contributed by atoms with E-state index >= 15 is 0 Å². The summed E-state index contributed by atoms with van der Waals surface area (Å²) in [6.07, 6.45) is 1.62. The second kappa shape index (κ2) is 11.7. The molecule has 3 heterocycles. The molecule has 3 aromatic carbocycles. The first-order valence-corrected chi connectivity index (χ1v) is 18.6. The van der Waals surface area contributed by atoms with Crippen molar-refractivity contribution >= 4 is 36.4 Å². The predicted octanol–water partition coefficient (Wildman–Crippen LogP) is 4.98. The molecule has 3 aliphatic heterocycles. The van der Waals surface area contributed by atoms with E-state index < -0.39 is 13.7 Å². The molecule has 6 rings (SSSR count). The Morgan fingerprint density at radius 3 is 2.27 bits per heavy atom. The number of nitrogens with zero attached hydrogens (tertiary/aromatic N) is 2. The van der Waals surface area contributed by atoms with Crippen LogP contribution in [0.15, 0.2) is 66.7 Å². The van der Waals surface area contributed by atoms with Crippen LogP contribution in [0.2, 0.25) is 18.6 Å². The van der Waals surface area contributed by atoms with Gasteiger partial charge in [0, 0.05) is 36.7 Å². The highest BCUT2D eigenvalue weighted by Gasteiger charge is 2.66. The van der Waals surface area contributed by atoms with Gasteiger partial charge >= 0.3 is 0 Å². The molecule has 1 N–H and O–H groups in total. The van der Waals surface area contributed by atoms with Gasteiger partial charge in [-0.1, -0.05) is 49.5 Å². The Bertz CT molecular complexity index is 1540. The maximum absolute atomic E-state index is 14.8. The Labute approximate surface area is 260 Å². The van der Waals surface area contributed by atoms with E-state index in [0.29, 0.717) is 25.1 Å². The average Bonchev–Trinajstić information content (AvgIpc) is 3.66. The lowest BCUT2D eigenvalue weighted by Crippen LogP contribution is -2.51. The molecule has 232 valence electrons. The van der Waals surface area contributed by atoms with Crippen molar-refractivity contribution in [3.05, 3.63) is 77.9 Å². The smallest absolute Gasteiger partial charge is 0.264 e. The monoisotopic (exact) mass is 614 g/mol. The van der Waals surface area contributed by atoms with Crippen LogP contribution < -0.4 is 24.5 Å². The fraction of sp³-hybridized carbons (Fsp3) is 0.429. The number of fused-ring (bicyclic) bond motifs is 2. The number of hydrogen-bond acceptors (Lipinski definition) is 6. The summed E-state index contributed by atoms with van der Waals surface area (Å²) in [7, 11) is 1.04. The molecule has 3 aliphatic rings. The summed E-state index contributed by atoms with van der Waals surface area (Å²) in [6.45, 7) is 7.90. The second-order valence-corrected chi connectivity index (χ2v) is 17.4. The van der Waals surface area contributed by atoms with Crippen molar-refractivity contribution in [3.8, 4) is 11.5 Å². The van der Waals surface area contributed by atoms with Crippen LogP contribution in [-0.4, -0.2) is 58.5 Å². The number of aliphatic hydroxyl groups excluding tert-OH is 1. The summed E-state index contributed by atoms with van der Waals surface area (Å²) in [5.74, 6) is 1.38. The minimum Gasteiger partial charge on any atom is -0.497 e. The van der Waals surface area contributed by atoms with E-state index in [-0.39, 0.29) is 36.0 Å². The van der Waals surface area contributed by atoms with Gasteiger partial charge < -0.3 is 29.1 Å². The lowest BCUT2D eigenvalue weighted by molar-refractivity contribution is -0.146. The van der Waals surface area contributed by atoms with Crippen molar-refractivity contribution in [1.29, 1.82) is 0 Å². The van der Waals surface area contributed by atoms with Gasteiger partial charge in [-0.2, -0.15) is 0 Å². The number of methoxy groups -OCH3 is 2. The van der Waals surface area contributed by atoms with Gasteiger partial charge in [-0.3, -0.25) is 9.59 Å². The van der Waals surface area contributed by atoms with Gasteiger partial charge in [0.25, 0.3) is 5.91 Å². The third-order valence-corrected chi connectivity index (χ3v) is 14.5. The molecule has 2 saturated heterocycles. The highest BCUT2D eigenvalue weighted by molar-refractivity contribution is 6.91. The van der Waals surface area contributed by atoms with Gasteiger partial charge in [0.15, 0.2) is 5.60 Å². The van der Waals surface area contributed by atoms with Crippen molar-refractivity contribution in [2.24, 2.45) is 5.92 Å². The number of rotatable bonds is 9. The molecule has 0 bridgehead atoms. The number of amides is 2. The summed E-state index contributed by atoms with van der Waals surface area (Å²) in [5, 5.41) is 11.4. The van der Waals surface area contributed by atoms with Crippen molar-refractivity contribution in [2.75, 3.05) is 37.2 Å². The molecule has 44 heavy (non-hydrogen) atoms. The lowest BCUT2D eigenvalue weighted by Gasteiger charge is -2.37. The van der Waals surface area contributed by atoms with E-state index in [0.717, 1.165) is 41.2 Å². The molecule has 1 spiro atoms. The summed E-state index contributed by atoms with van der Waals surface area (Å²) >= 11 is 0. The fourth-order valence-corrected chi connectivity index (χ4v) is 11.9. The van der Waals surface area contributed by atoms with E-state index in [1.165, 1.54) is 5.19 Å². The molecular weight excluding hydrogens is 572 g/mol. The second-order valence-electron chi connectivity index (χ2n) is 12.8. The van der Waals surface area contributed by atoms with Gasteiger partial charge in [-0.15, -0.1) is 0 Å². The minimum absolute atomic E-state index is 0.0220. The molecule has 9 heteroatoms. The van der Waals surface area contributed by atoms with E-state index in [9.17, 15) is 14.7 Å². The van der Waals surface area contributed by atoms with E-state index in [1.807, 2.05) is 64.4 Å². The first kappa shape index (κ1) is 30.4. The zero-order chi connectivity index (χ0) is 31.2. The van der Waals surface area contributed by atoms with E-state index in [2.05, 4.69) is 32.2 Å². The van der Waals surface area contributed by atoms with Crippen LogP contribution in [0.25, 0.3) is 0 Å². The topological polar surface area (TPSA) is 88.5 Å². The highest BCUT2D eigenvalue weighted by Crippen LogP contribution is 2.60. The van der Waals surface area contributed by atoms with Crippen molar-refractivity contribution < 1.29 is 28.9 Å². The molecule has 0 aromatic heterocycles. The molecule has 8 nitrogen and oxygen atoms in total. The van der Waals surface area contributed by atoms with Gasteiger partial charge in [-0.25, -0.2) is 0 Å². The highest BCUT2D eigenvalue weighted by atomic mass is 28.3. The maximum atomic E-state index is 14.8. The quantitative estimate of drug-likeness (QED) is 0.343. The SMILES string of the molecule is COc1ccc([Si](C)(C)[C@@H]2[C@@H](CCO)O[C@]3(C(=O)N(Cc4ccc(N5CCCC5=O)cc4)c4ccc(OC)cc43)[C@H]2C)cc1. The Hall–Kier alpha value is -3.66. The molecule has 3 aromatic rings. The van der Waals surface area contributed by atoms with Crippen LogP contribution in [0.5, 0.6) is 11.5 Å². The molecule has 2 amide bonds. The number of carbonyl (C=O) groups excluding carboxylic acids is 2.